The molecule has 14 heteroatoms. The van der Waals surface area contributed by atoms with Crippen molar-refractivity contribution in [2.24, 2.45) is 0 Å². The number of urea groups is 1. The number of tetrazole rings is 1. The summed E-state index contributed by atoms with van der Waals surface area (Å²) in [4.78, 5) is 40.9. The predicted octanol–water partition coefficient (Wildman–Crippen LogP) is 5.93. The Bertz CT molecular complexity index is 1750. The maximum Gasteiger partial charge on any atom is 0.321 e. The van der Waals surface area contributed by atoms with Crippen LogP contribution in [0.25, 0.3) is 10.2 Å². The Morgan fingerprint density at radius 2 is 1.67 bits per heavy atom. The first kappa shape index (κ1) is 27.9. The second kappa shape index (κ2) is 12.3. The van der Waals surface area contributed by atoms with Crippen LogP contribution in [-0.4, -0.2) is 42.5 Å². The molecule has 0 saturated heterocycles. The Morgan fingerprint density at radius 1 is 0.953 bits per heavy atom. The van der Waals surface area contributed by atoms with E-state index in [1.807, 2.05) is 12.1 Å². The molecule has 5 aromatic rings. The highest BCUT2D eigenvalue weighted by molar-refractivity contribution is 7.22. The molecular formula is C29H27N9O4S. The molecule has 0 bridgehead atoms. The number of hydrogen-bond acceptors (Lipinski definition) is 9. The normalized spacial score (nSPS) is 14.2. The van der Waals surface area contributed by atoms with Crippen molar-refractivity contribution in [3.63, 3.8) is 0 Å². The van der Waals surface area contributed by atoms with Crippen molar-refractivity contribution < 1.29 is 14.5 Å². The molecule has 218 valence electrons. The predicted molar refractivity (Wildman–Crippen MR) is 161 cm³/mol. The molecule has 3 aromatic carbocycles. The number of non-ortho nitro benzene ring substituents is 1. The SMILES string of the molecule is O=C(Nc1nc2ccc([N+](=O)[O-])cc2s1)NC(c1ccc(C(=O)Nc2nn[nH]n2)cc1)c1ccc(C2CCCCC2)cc1. The Hall–Kier alpha value is -5.24. The summed E-state index contributed by atoms with van der Waals surface area (Å²) < 4.78 is 0.592. The molecule has 0 aliphatic heterocycles. The zero-order chi connectivity index (χ0) is 29.8. The lowest BCUT2D eigenvalue weighted by atomic mass is 9.83. The highest BCUT2D eigenvalue weighted by Crippen LogP contribution is 2.34. The number of thiazole rings is 1. The van der Waals surface area contributed by atoms with Crippen LogP contribution in [0.5, 0.6) is 0 Å². The molecule has 0 radical (unpaired) electrons. The summed E-state index contributed by atoms with van der Waals surface area (Å²) in [7, 11) is 0. The Morgan fingerprint density at radius 3 is 2.35 bits per heavy atom. The Balaban J connectivity index is 1.23. The highest BCUT2D eigenvalue weighted by atomic mass is 32.1. The lowest BCUT2D eigenvalue weighted by Gasteiger charge is -2.24. The van der Waals surface area contributed by atoms with E-state index in [2.05, 4.69) is 53.7 Å². The van der Waals surface area contributed by atoms with Gasteiger partial charge >= 0.3 is 6.03 Å². The molecule has 13 nitrogen and oxygen atoms in total. The number of anilines is 2. The fraction of sp³-hybridized carbons (Fsp3) is 0.241. The van der Waals surface area contributed by atoms with E-state index in [-0.39, 0.29) is 11.6 Å². The molecular weight excluding hydrogens is 570 g/mol. The molecule has 1 aliphatic rings. The average Bonchev–Trinajstić information content (AvgIpc) is 3.69. The van der Waals surface area contributed by atoms with Crippen molar-refractivity contribution in [3.05, 3.63) is 99.1 Å². The van der Waals surface area contributed by atoms with E-state index in [1.165, 1.54) is 49.8 Å². The van der Waals surface area contributed by atoms with Crippen LogP contribution in [0.4, 0.5) is 21.6 Å². The minimum Gasteiger partial charge on any atom is -0.327 e. The number of rotatable bonds is 8. The summed E-state index contributed by atoms with van der Waals surface area (Å²) in [6.07, 6.45) is 6.12. The maximum absolute atomic E-state index is 13.2. The monoisotopic (exact) mass is 597 g/mol. The lowest BCUT2D eigenvalue weighted by molar-refractivity contribution is -0.384. The molecule has 1 fully saturated rings. The van der Waals surface area contributed by atoms with Gasteiger partial charge < -0.3 is 5.32 Å². The third-order valence-corrected chi connectivity index (χ3v) is 8.44. The van der Waals surface area contributed by atoms with Crippen molar-refractivity contribution in [2.75, 3.05) is 10.6 Å². The molecule has 2 heterocycles. The number of H-pyrrole nitrogens is 1. The summed E-state index contributed by atoms with van der Waals surface area (Å²) in [5, 5.41) is 33.0. The second-order valence-corrected chi connectivity index (χ2v) is 11.3. The van der Waals surface area contributed by atoms with Crippen molar-refractivity contribution in [1.29, 1.82) is 0 Å². The molecule has 1 saturated carbocycles. The number of fused-ring (bicyclic) bond motifs is 1. The number of carbonyl (C=O) groups is 2. The van der Waals surface area contributed by atoms with E-state index in [1.54, 1.807) is 30.3 Å². The van der Waals surface area contributed by atoms with Gasteiger partial charge in [-0.2, -0.15) is 5.21 Å². The van der Waals surface area contributed by atoms with Gasteiger partial charge in [0.1, 0.15) is 0 Å². The molecule has 0 spiro atoms. The van der Waals surface area contributed by atoms with E-state index in [4.69, 9.17) is 0 Å². The summed E-state index contributed by atoms with van der Waals surface area (Å²) in [5.74, 6) is 0.209. The lowest BCUT2D eigenvalue weighted by Crippen LogP contribution is -2.33. The average molecular weight is 598 g/mol. The molecule has 43 heavy (non-hydrogen) atoms. The Kier molecular flexibility index (Phi) is 8.00. The second-order valence-electron chi connectivity index (χ2n) is 10.3. The smallest absolute Gasteiger partial charge is 0.321 e. The van der Waals surface area contributed by atoms with Crippen molar-refractivity contribution >= 4 is 50.3 Å². The van der Waals surface area contributed by atoms with Gasteiger partial charge in [0.2, 0.25) is 0 Å². The number of nitro benzene ring substituents is 1. The molecule has 4 N–H and O–H groups in total. The molecule has 1 atom stereocenters. The minimum atomic E-state index is -0.537. The number of benzene rings is 3. The first-order valence-electron chi connectivity index (χ1n) is 13.8. The zero-order valence-electron chi connectivity index (χ0n) is 22.8. The number of aromatic nitrogens is 5. The maximum atomic E-state index is 13.2. The van der Waals surface area contributed by atoms with Crippen LogP contribution in [0.1, 0.15) is 71.1 Å². The number of nitrogens with one attached hydrogen (secondary N) is 4. The topological polar surface area (TPSA) is 181 Å². The zero-order valence-corrected chi connectivity index (χ0v) is 23.6. The number of amides is 3. The molecule has 1 aliphatic carbocycles. The number of aromatic amines is 1. The van der Waals surface area contributed by atoms with Crippen LogP contribution in [0, 0.1) is 10.1 Å². The third-order valence-electron chi connectivity index (χ3n) is 7.50. The summed E-state index contributed by atoms with van der Waals surface area (Å²) in [6.45, 7) is 0. The number of nitro groups is 1. The Labute approximate surface area is 249 Å². The van der Waals surface area contributed by atoms with Crippen LogP contribution in [0.3, 0.4) is 0 Å². The highest BCUT2D eigenvalue weighted by Gasteiger charge is 2.21. The quantitative estimate of drug-likeness (QED) is 0.125. The molecule has 2 aromatic heterocycles. The van der Waals surface area contributed by atoms with E-state index < -0.39 is 22.9 Å². The first-order chi connectivity index (χ1) is 20.9. The van der Waals surface area contributed by atoms with Gasteiger partial charge in [0, 0.05) is 17.7 Å². The fourth-order valence-corrected chi connectivity index (χ4v) is 6.21. The van der Waals surface area contributed by atoms with E-state index in [0.29, 0.717) is 26.8 Å². The summed E-state index contributed by atoms with van der Waals surface area (Å²) in [6, 6.07) is 18.5. The van der Waals surface area contributed by atoms with Gasteiger partial charge in [0.15, 0.2) is 5.13 Å². The van der Waals surface area contributed by atoms with Gasteiger partial charge in [0.25, 0.3) is 17.5 Å². The van der Waals surface area contributed by atoms with Crippen LogP contribution >= 0.6 is 11.3 Å². The van der Waals surface area contributed by atoms with Gasteiger partial charge in [-0.1, -0.05) is 72.1 Å². The third kappa shape index (κ3) is 6.48. The molecule has 6 rings (SSSR count). The number of hydrogen-bond donors (Lipinski definition) is 4. The van der Waals surface area contributed by atoms with E-state index in [9.17, 15) is 19.7 Å². The van der Waals surface area contributed by atoms with Crippen LogP contribution < -0.4 is 16.0 Å². The van der Waals surface area contributed by atoms with Crippen LogP contribution in [-0.2, 0) is 0 Å². The van der Waals surface area contributed by atoms with Gasteiger partial charge in [0.05, 0.1) is 21.2 Å². The summed E-state index contributed by atoms with van der Waals surface area (Å²) >= 11 is 1.15. The fourth-order valence-electron chi connectivity index (χ4n) is 5.32. The van der Waals surface area contributed by atoms with Crippen molar-refractivity contribution in [3.8, 4) is 0 Å². The van der Waals surface area contributed by atoms with Crippen LogP contribution in [0.2, 0.25) is 0 Å². The van der Waals surface area contributed by atoms with Gasteiger partial charge in [-0.25, -0.2) is 9.78 Å². The summed E-state index contributed by atoms with van der Waals surface area (Å²) in [5.41, 5.74) is 3.82. The van der Waals surface area contributed by atoms with E-state index >= 15 is 0 Å². The largest absolute Gasteiger partial charge is 0.327 e. The molecule has 1 unspecified atom stereocenters. The van der Waals surface area contributed by atoms with E-state index in [0.717, 1.165) is 22.5 Å². The first-order valence-corrected chi connectivity index (χ1v) is 14.6. The number of nitrogens with zero attached hydrogens (tertiary/aromatic N) is 5. The molecule has 3 amide bonds. The van der Waals surface area contributed by atoms with Crippen molar-refractivity contribution in [1.82, 2.24) is 30.9 Å². The van der Waals surface area contributed by atoms with Gasteiger partial charge in [-0.15, -0.1) is 5.10 Å². The minimum absolute atomic E-state index is 0.0432. The van der Waals surface area contributed by atoms with Gasteiger partial charge in [-0.05, 0) is 58.9 Å². The van der Waals surface area contributed by atoms with Crippen molar-refractivity contribution in [2.45, 2.75) is 44.1 Å². The number of carbonyl (C=O) groups excluding carboxylic acids is 2. The van der Waals surface area contributed by atoms with Crippen LogP contribution in [0.15, 0.2) is 66.7 Å². The van der Waals surface area contributed by atoms with Gasteiger partial charge in [-0.3, -0.25) is 25.5 Å². The standard InChI is InChI=1S/C29H27N9O4S/c39-26(32-27-34-36-37-35-27)21-12-10-20(11-13-21)25(19-8-6-18(7-9-19)17-4-2-1-3-5-17)31-28(40)33-29-30-23-15-14-22(38(41)42)16-24(23)43-29/h6-17,25H,1-5H2,(H2,30,31,33,40)(H2,32,34,35,36,37,39).